The van der Waals surface area contributed by atoms with Crippen molar-refractivity contribution in [1.82, 2.24) is 9.97 Å². The van der Waals surface area contributed by atoms with Crippen LogP contribution < -0.4 is 5.32 Å². The summed E-state index contributed by atoms with van der Waals surface area (Å²) in [6.07, 6.45) is 2.94. The number of aryl methyl sites for hydroxylation is 1. The lowest BCUT2D eigenvalue weighted by atomic mass is 10.2. The van der Waals surface area contributed by atoms with Crippen LogP contribution in [0.3, 0.4) is 0 Å². The van der Waals surface area contributed by atoms with Crippen molar-refractivity contribution in [3.63, 3.8) is 0 Å². The van der Waals surface area contributed by atoms with Gasteiger partial charge in [0.2, 0.25) is 0 Å². The van der Waals surface area contributed by atoms with Crippen molar-refractivity contribution in [2.75, 3.05) is 5.32 Å². The Kier molecular flexibility index (Phi) is 3.17. The third-order valence-corrected chi connectivity index (χ3v) is 3.12. The molecule has 0 aromatic carbocycles. The molecule has 82 valence electrons. The maximum absolute atomic E-state index is 11.8. The lowest BCUT2D eigenvalue weighted by Gasteiger charge is -2.04. The van der Waals surface area contributed by atoms with Crippen molar-refractivity contribution in [1.29, 1.82) is 0 Å². The summed E-state index contributed by atoms with van der Waals surface area (Å²) in [4.78, 5) is 19.6. The zero-order valence-electron chi connectivity index (χ0n) is 8.40. The molecular weight excluding hydrogens is 246 g/mol. The number of nitrogens with one attached hydrogen (secondary N) is 1. The molecule has 0 aliphatic carbocycles. The van der Waals surface area contributed by atoms with E-state index in [-0.39, 0.29) is 16.9 Å². The molecule has 0 aliphatic heterocycles. The highest BCUT2D eigenvalue weighted by molar-refractivity contribution is 7.08. The van der Waals surface area contributed by atoms with Crippen LogP contribution in [0.2, 0.25) is 5.15 Å². The summed E-state index contributed by atoms with van der Waals surface area (Å²) in [5, 5.41) is 6.50. The first-order valence-corrected chi connectivity index (χ1v) is 5.81. The first-order chi connectivity index (χ1) is 7.68. The highest BCUT2D eigenvalue weighted by Gasteiger charge is 2.12. The molecular formula is C10H8ClN3OS. The molecule has 0 saturated heterocycles. The minimum absolute atomic E-state index is 0.184. The molecule has 0 atom stereocenters. The molecule has 0 radical (unpaired) electrons. The third-order valence-electron chi connectivity index (χ3n) is 1.99. The number of thiophene rings is 1. The van der Waals surface area contributed by atoms with E-state index in [1.807, 2.05) is 12.3 Å². The fourth-order valence-electron chi connectivity index (χ4n) is 1.17. The summed E-state index contributed by atoms with van der Waals surface area (Å²) in [6, 6.07) is 0. The third kappa shape index (κ3) is 2.20. The van der Waals surface area contributed by atoms with Gasteiger partial charge in [-0.2, -0.15) is 11.3 Å². The number of halogens is 1. The van der Waals surface area contributed by atoms with Gasteiger partial charge in [-0.3, -0.25) is 4.79 Å². The predicted octanol–water partition coefficient (Wildman–Crippen LogP) is 2.75. The number of hydrogen-bond acceptors (Lipinski definition) is 4. The fraction of sp³-hybridized carbons (Fsp3) is 0.100. The van der Waals surface area contributed by atoms with Gasteiger partial charge in [0, 0.05) is 17.8 Å². The van der Waals surface area contributed by atoms with Crippen molar-refractivity contribution in [3.8, 4) is 0 Å². The molecule has 2 rings (SSSR count). The highest BCUT2D eigenvalue weighted by atomic mass is 35.5. The minimum atomic E-state index is -0.221. The molecule has 2 aromatic heterocycles. The number of hydrogen-bond donors (Lipinski definition) is 1. The summed E-state index contributed by atoms with van der Waals surface area (Å²) in [5.74, 6) is 0.0564. The summed E-state index contributed by atoms with van der Waals surface area (Å²) < 4.78 is 0. The Morgan fingerprint density at radius 3 is 2.75 bits per heavy atom. The number of anilines is 1. The Morgan fingerprint density at radius 1 is 1.38 bits per heavy atom. The molecule has 16 heavy (non-hydrogen) atoms. The standard InChI is InChI=1S/C10H8ClN3OS/c1-6-4-16-5-7(6)10(15)14-9-8(11)12-2-3-13-9/h2-5H,1H3,(H,13,14,15). The van der Waals surface area contributed by atoms with Gasteiger partial charge >= 0.3 is 0 Å². The summed E-state index contributed by atoms with van der Waals surface area (Å²) in [5.41, 5.74) is 1.56. The molecule has 4 nitrogen and oxygen atoms in total. The second kappa shape index (κ2) is 4.59. The molecule has 0 fully saturated rings. The Bertz CT molecular complexity index is 526. The molecule has 0 spiro atoms. The Labute approximate surface area is 101 Å². The quantitative estimate of drug-likeness (QED) is 0.895. The summed E-state index contributed by atoms with van der Waals surface area (Å²) in [7, 11) is 0. The second-order valence-electron chi connectivity index (χ2n) is 3.12. The molecule has 0 unspecified atom stereocenters. The van der Waals surface area contributed by atoms with Gasteiger partial charge in [0.05, 0.1) is 5.56 Å². The van der Waals surface area contributed by atoms with Crippen LogP contribution in [-0.2, 0) is 0 Å². The Morgan fingerprint density at radius 2 is 2.12 bits per heavy atom. The van der Waals surface area contributed by atoms with Crippen LogP contribution in [0.25, 0.3) is 0 Å². The topological polar surface area (TPSA) is 54.9 Å². The van der Waals surface area contributed by atoms with E-state index in [0.717, 1.165) is 5.56 Å². The largest absolute Gasteiger partial charge is 0.304 e. The minimum Gasteiger partial charge on any atom is -0.304 e. The SMILES string of the molecule is Cc1cscc1C(=O)Nc1nccnc1Cl. The zero-order chi connectivity index (χ0) is 11.5. The van der Waals surface area contributed by atoms with Crippen molar-refractivity contribution >= 4 is 34.7 Å². The highest BCUT2D eigenvalue weighted by Crippen LogP contribution is 2.18. The maximum Gasteiger partial charge on any atom is 0.258 e. The molecule has 0 saturated carbocycles. The molecule has 0 aliphatic rings. The normalized spacial score (nSPS) is 10.1. The number of amides is 1. The van der Waals surface area contributed by atoms with Crippen LogP contribution in [0.4, 0.5) is 5.82 Å². The van der Waals surface area contributed by atoms with E-state index < -0.39 is 0 Å². The van der Waals surface area contributed by atoms with Crippen molar-refractivity contribution in [3.05, 3.63) is 39.4 Å². The van der Waals surface area contributed by atoms with E-state index in [4.69, 9.17) is 11.6 Å². The monoisotopic (exact) mass is 253 g/mol. The van der Waals surface area contributed by atoms with Crippen LogP contribution in [0, 0.1) is 6.92 Å². The average Bonchev–Trinajstić information content (AvgIpc) is 2.68. The van der Waals surface area contributed by atoms with Gasteiger partial charge in [-0.15, -0.1) is 0 Å². The number of carbonyl (C=O) groups excluding carboxylic acids is 1. The van der Waals surface area contributed by atoms with E-state index in [9.17, 15) is 4.79 Å². The van der Waals surface area contributed by atoms with Gasteiger partial charge in [-0.05, 0) is 17.9 Å². The van der Waals surface area contributed by atoms with Gasteiger partial charge in [0.25, 0.3) is 5.91 Å². The smallest absolute Gasteiger partial charge is 0.258 e. The fourth-order valence-corrected chi connectivity index (χ4v) is 2.15. The van der Waals surface area contributed by atoms with Crippen molar-refractivity contribution in [2.24, 2.45) is 0 Å². The maximum atomic E-state index is 11.8. The summed E-state index contributed by atoms with van der Waals surface area (Å²) >= 11 is 7.26. The van der Waals surface area contributed by atoms with Gasteiger partial charge in [-0.25, -0.2) is 9.97 Å². The van der Waals surface area contributed by atoms with E-state index in [1.165, 1.54) is 23.7 Å². The van der Waals surface area contributed by atoms with Gasteiger partial charge in [0.15, 0.2) is 11.0 Å². The van der Waals surface area contributed by atoms with Crippen LogP contribution in [0.1, 0.15) is 15.9 Å². The molecule has 0 bridgehead atoms. The summed E-state index contributed by atoms with van der Waals surface area (Å²) in [6.45, 7) is 1.88. The molecule has 1 N–H and O–H groups in total. The first kappa shape index (κ1) is 11.0. The molecule has 6 heteroatoms. The number of nitrogens with zero attached hydrogens (tertiary/aromatic N) is 2. The first-order valence-electron chi connectivity index (χ1n) is 4.49. The van der Waals surface area contributed by atoms with Gasteiger partial charge < -0.3 is 5.32 Å². The lowest BCUT2D eigenvalue weighted by molar-refractivity contribution is 0.102. The Hall–Kier alpha value is -1.46. The molecule has 2 aromatic rings. The number of rotatable bonds is 2. The predicted molar refractivity (Wildman–Crippen MR) is 64.1 cm³/mol. The van der Waals surface area contributed by atoms with Crippen molar-refractivity contribution < 1.29 is 4.79 Å². The van der Waals surface area contributed by atoms with Crippen LogP contribution in [-0.4, -0.2) is 15.9 Å². The van der Waals surface area contributed by atoms with Gasteiger partial charge in [0.1, 0.15) is 0 Å². The van der Waals surface area contributed by atoms with E-state index in [0.29, 0.717) is 5.56 Å². The van der Waals surface area contributed by atoms with Crippen LogP contribution in [0.5, 0.6) is 0 Å². The van der Waals surface area contributed by atoms with E-state index in [1.54, 1.807) is 5.38 Å². The molecule has 1 amide bonds. The zero-order valence-corrected chi connectivity index (χ0v) is 9.97. The Balaban J connectivity index is 2.21. The number of carbonyl (C=O) groups is 1. The van der Waals surface area contributed by atoms with Gasteiger partial charge in [-0.1, -0.05) is 11.6 Å². The van der Waals surface area contributed by atoms with E-state index in [2.05, 4.69) is 15.3 Å². The molecule has 2 heterocycles. The second-order valence-corrected chi connectivity index (χ2v) is 4.22. The van der Waals surface area contributed by atoms with Crippen molar-refractivity contribution in [2.45, 2.75) is 6.92 Å². The average molecular weight is 254 g/mol. The number of aromatic nitrogens is 2. The van der Waals surface area contributed by atoms with E-state index >= 15 is 0 Å². The van der Waals surface area contributed by atoms with Crippen LogP contribution >= 0.6 is 22.9 Å². The van der Waals surface area contributed by atoms with Crippen LogP contribution in [0.15, 0.2) is 23.2 Å². The lowest BCUT2D eigenvalue weighted by Crippen LogP contribution is -2.13.